The highest BCUT2D eigenvalue weighted by molar-refractivity contribution is 7.91. The normalized spacial score (nSPS) is 19.8. The zero-order valence-corrected chi connectivity index (χ0v) is 25.7. The van der Waals surface area contributed by atoms with Gasteiger partial charge in [-0.25, -0.2) is 21.6 Å². The van der Waals surface area contributed by atoms with Crippen molar-refractivity contribution in [2.75, 3.05) is 26.2 Å². The molecule has 2 aromatic rings. The Bertz CT molecular complexity index is 1480. The number of alkyl halides is 3. The van der Waals surface area contributed by atoms with Gasteiger partial charge in [0.25, 0.3) is 0 Å². The van der Waals surface area contributed by atoms with Gasteiger partial charge in [-0.3, -0.25) is 9.69 Å². The van der Waals surface area contributed by atoms with E-state index in [0.717, 1.165) is 38.4 Å². The van der Waals surface area contributed by atoms with Gasteiger partial charge in [-0.15, -0.1) is 0 Å². The fraction of sp³-hybridized carbons (Fsp3) is 0.552. The van der Waals surface area contributed by atoms with E-state index in [1.54, 1.807) is 11.0 Å². The van der Waals surface area contributed by atoms with Crippen LogP contribution >= 0.6 is 0 Å². The van der Waals surface area contributed by atoms with Gasteiger partial charge in [0, 0.05) is 19.1 Å². The Labute approximate surface area is 246 Å². The minimum absolute atomic E-state index is 0.000828. The molecule has 1 amide bonds. The summed E-state index contributed by atoms with van der Waals surface area (Å²) in [5, 5.41) is 0. The highest BCUT2D eigenvalue weighted by Gasteiger charge is 2.40. The number of benzene rings is 2. The third kappa shape index (κ3) is 7.53. The number of hydrogen-bond donors (Lipinski definition) is 1. The maximum absolute atomic E-state index is 13.9. The van der Waals surface area contributed by atoms with Gasteiger partial charge in [0.05, 0.1) is 26.3 Å². The van der Waals surface area contributed by atoms with Crippen LogP contribution in [0.1, 0.15) is 58.4 Å². The average Bonchev–Trinajstić information content (AvgIpc) is 3.40. The number of nitrogens with one attached hydrogen (secondary N) is 1. The van der Waals surface area contributed by atoms with E-state index in [4.69, 9.17) is 0 Å². The van der Waals surface area contributed by atoms with Crippen molar-refractivity contribution in [3.05, 3.63) is 54.1 Å². The number of nitrogens with zero attached hydrogens (tertiary/aromatic N) is 2. The minimum Gasteiger partial charge on any atom is -0.341 e. The molecule has 0 bridgehead atoms. The number of halogens is 3. The Hall–Kier alpha value is -2.48. The highest BCUT2D eigenvalue weighted by Crippen LogP contribution is 2.36. The van der Waals surface area contributed by atoms with Gasteiger partial charge in [-0.1, -0.05) is 39.0 Å². The molecule has 2 aromatic carbocycles. The molecule has 2 aliphatic rings. The molecule has 2 saturated heterocycles. The molecule has 8 nitrogen and oxygen atoms in total. The SMILES string of the molecule is CC(C)(C)CCN1CCC[C@@H]1C(=O)N1CCC(NS(=O)(=O)c2cc(S(=O)(=O)c3ccccc3)ccc2C(F)(F)F)CC1. The van der Waals surface area contributed by atoms with Crippen LogP contribution in [0.4, 0.5) is 13.2 Å². The number of carbonyl (C=O) groups excluding carboxylic acids is 1. The van der Waals surface area contributed by atoms with E-state index < -0.39 is 47.4 Å². The van der Waals surface area contributed by atoms with Crippen LogP contribution in [-0.4, -0.2) is 70.8 Å². The molecule has 4 rings (SSSR count). The Kier molecular flexibility index (Phi) is 9.46. The lowest BCUT2D eigenvalue weighted by Crippen LogP contribution is -2.51. The predicted octanol–water partition coefficient (Wildman–Crippen LogP) is 4.71. The first-order chi connectivity index (χ1) is 19.5. The fourth-order valence-electron chi connectivity index (χ4n) is 5.43. The fourth-order valence-corrected chi connectivity index (χ4v) is 8.37. The summed E-state index contributed by atoms with van der Waals surface area (Å²) in [4.78, 5) is 15.4. The van der Waals surface area contributed by atoms with Crippen molar-refractivity contribution >= 4 is 25.8 Å². The average molecular weight is 630 g/mol. The lowest BCUT2D eigenvalue weighted by atomic mass is 9.92. The van der Waals surface area contributed by atoms with Gasteiger partial charge in [-0.2, -0.15) is 13.2 Å². The Morgan fingerprint density at radius 2 is 1.55 bits per heavy atom. The largest absolute Gasteiger partial charge is 0.417 e. The maximum atomic E-state index is 13.9. The van der Waals surface area contributed by atoms with E-state index in [0.29, 0.717) is 12.1 Å². The first-order valence-corrected chi connectivity index (χ1v) is 17.0. The smallest absolute Gasteiger partial charge is 0.341 e. The minimum atomic E-state index is -5.03. The molecule has 0 aromatic heterocycles. The molecular weight excluding hydrogens is 591 g/mol. The van der Waals surface area contributed by atoms with E-state index in [2.05, 4.69) is 30.4 Å². The summed E-state index contributed by atoms with van der Waals surface area (Å²) in [5.74, 6) is 0.000828. The van der Waals surface area contributed by atoms with Crippen LogP contribution in [0.2, 0.25) is 0 Å². The third-order valence-corrected chi connectivity index (χ3v) is 11.2. The number of hydrogen-bond acceptors (Lipinski definition) is 6. The summed E-state index contributed by atoms with van der Waals surface area (Å²) in [5.41, 5.74) is -1.31. The van der Waals surface area contributed by atoms with Crippen molar-refractivity contribution in [3.63, 3.8) is 0 Å². The summed E-state index contributed by atoms with van der Waals surface area (Å²) in [7, 11) is -9.04. The van der Waals surface area contributed by atoms with E-state index >= 15 is 0 Å². The Morgan fingerprint density at radius 1 is 0.905 bits per heavy atom. The van der Waals surface area contributed by atoms with Crippen molar-refractivity contribution in [1.82, 2.24) is 14.5 Å². The lowest BCUT2D eigenvalue weighted by Gasteiger charge is -2.36. The standard InChI is InChI=1S/C29H38F3N3O5S2/c1-28(2,3)15-19-34-16-7-10-25(34)27(36)35-17-13-21(14-18-35)33-42(39,40)26-20-23(11-12-24(26)29(30,31)32)41(37,38)22-8-5-4-6-9-22/h4-6,8-9,11-12,20-21,25,33H,7,10,13-19H2,1-3H3/t25-/m1/s1. The summed E-state index contributed by atoms with van der Waals surface area (Å²) < 4.78 is 96.6. The second kappa shape index (κ2) is 12.3. The van der Waals surface area contributed by atoms with E-state index in [9.17, 15) is 34.8 Å². The van der Waals surface area contributed by atoms with Crippen molar-refractivity contribution in [3.8, 4) is 0 Å². The summed E-state index contributed by atoms with van der Waals surface area (Å²) in [6.07, 6.45) is -1.94. The summed E-state index contributed by atoms with van der Waals surface area (Å²) in [6.45, 7) is 8.67. The zero-order valence-electron chi connectivity index (χ0n) is 24.0. The number of amides is 1. The van der Waals surface area contributed by atoms with Crippen molar-refractivity contribution < 1.29 is 34.8 Å². The Morgan fingerprint density at radius 3 is 2.14 bits per heavy atom. The van der Waals surface area contributed by atoms with Gasteiger partial charge >= 0.3 is 6.18 Å². The topological polar surface area (TPSA) is 104 Å². The summed E-state index contributed by atoms with van der Waals surface area (Å²) >= 11 is 0. The molecule has 0 radical (unpaired) electrons. The van der Waals surface area contributed by atoms with E-state index in [1.165, 1.54) is 24.3 Å². The van der Waals surface area contributed by atoms with Crippen LogP contribution < -0.4 is 4.72 Å². The molecular formula is C29H38F3N3O5S2. The van der Waals surface area contributed by atoms with Gasteiger partial charge in [0.1, 0.15) is 0 Å². The molecule has 42 heavy (non-hydrogen) atoms. The zero-order chi connectivity index (χ0) is 30.9. The second-order valence-corrected chi connectivity index (χ2v) is 15.8. The molecule has 0 unspecified atom stereocenters. The molecule has 232 valence electrons. The molecule has 2 aliphatic heterocycles. The van der Waals surface area contributed by atoms with Gasteiger partial charge in [-0.05, 0) is 80.9 Å². The van der Waals surface area contributed by atoms with Gasteiger partial charge in [0.2, 0.25) is 25.8 Å². The number of piperidine rings is 1. The molecule has 0 saturated carbocycles. The molecule has 1 N–H and O–H groups in total. The quantitative estimate of drug-likeness (QED) is 0.454. The van der Waals surface area contributed by atoms with Crippen LogP contribution in [0, 0.1) is 5.41 Å². The maximum Gasteiger partial charge on any atom is 0.417 e. The molecule has 1 atom stereocenters. The first kappa shape index (κ1) is 32.4. The van der Waals surface area contributed by atoms with Crippen LogP contribution in [0.25, 0.3) is 0 Å². The van der Waals surface area contributed by atoms with Crippen LogP contribution in [0.5, 0.6) is 0 Å². The molecule has 2 heterocycles. The number of sulfonamides is 1. The van der Waals surface area contributed by atoms with E-state index in [1.807, 2.05) is 0 Å². The van der Waals surface area contributed by atoms with Crippen LogP contribution in [0.3, 0.4) is 0 Å². The summed E-state index contributed by atoms with van der Waals surface area (Å²) in [6, 6.07) is 7.96. The molecule has 2 fully saturated rings. The number of rotatable bonds is 8. The lowest BCUT2D eigenvalue weighted by molar-refractivity contribution is -0.140. The number of likely N-dealkylation sites (tertiary alicyclic amines) is 2. The Balaban J connectivity index is 1.48. The van der Waals surface area contributed by atoms with Crippen LogP contribution in [0.15, 0.2) is 63.2 Å². The molecule has 0 spiro atoms. The third-order valence-electron chi connectivity index (χ3n) is 7.84. The number of carbonyl (C=O) groups is 1. The van der Waals surface area contributed by atoms with Crippen molar-refractivity contribution in [2.24, 2.45) is 5.41 Å². The van der Waals surface area contributed by atoms with Gasteiger partial charge in [0.15, 0.2) is 0 Å². The molecule has 13 heteroatoms. The van der Waals surface area contributed by atoms with Crippen molar-refractivity contribution in [1.29, 1.82) is 0 Å². The highest BCUT2D eigenvalue weighted by atomic mass is 32.2. The van der Waals surface area contributed by atoms with Gasteiger partial charge < -0.3 is 4.90 Å². The van der Waals surface area contributed by atoms with Crippen molar-refractivity contribution in [2.45, 2.75) is 85.8 Å². The van der Waals surface area contributed by atoms with Crippen LogP contribution in [-0.2, 0) is 30.8 Å². The monoisotopic (exact) mass is 629 g/mol. The number of sulfone groups is 1. The first-order valence-electron chi connectivity index (χ1n) is 14.1. The van der Waals surface area contributed by atoms with E-state index in [-0.39, 0.29) is 48.2 Å². The predicted molar refractivity (Wildman–Crippen MR) is 152 cm³/mol. The molecule has 0 aliphatic carbocycles. The second-order valence-electron chi connectivity index (χ2n) is 12.2.